The van der Waals surface area contributed by atoms with Crippen LogP contribution in [0.3, 0.4) is 0 Å². The Kier molecular flexibility index (Phi) is 7.88. The van der Waals surface area contributed by atoms with Crippen molar-refractivity contribution in [3.63, 3.8) is 0 Å². The fraction of sp³-hybridized carbons (Fsp3) is 0.278. The summed E-state index contributed by atoms with van der Waals surface area (Å²) in [6, 6.07) is 12.7. The molecule has 128 valence electrons. The molecule has 1 aromatic carbocycles. The van der Waals surface area contributed by atoms with Crippen LogP contribution in [0.5, 0.6) is 0 Å². The maximum Gasteiger partial charge on any atom is 0.124 e. The van der Waals surface area contributed by atoms with Crippen molar-refractivity contribution < 1.29 is 0 Å². The van der Waals surface area contributed by atoms with Crippen LogP contribution >= 0.6 is 35.1 Å². The lowest BCUT2D eigenvalue weighted by Gasteiger charge is -2.20. The lowest BCUT2D eigenvalue weighted by Crippen LogP contribution is -2.30. The molecular formula is C18H22ClN3S2. The fourth-order valence-corrected chi connectivity index (χ4v) is 4.17. The number of nitrogens with two attached hydrogens (primary N) is 1. The van der Waals surface area contributed by atoms with E-state index in [0.717, 1.165) is 31.1 Å². The maximum atomic E-state index is 5.78. The summed E-state index contributed by atoms with van der Waals surface area (Å²) in [5.74, 6) is 0. The van der Waals surface area contributed by atoms with Crippen molar-refractivity contribution in [2.75, 3.05) is 19.6 Å². The smallest absolute Gasteiger partial charge is 0.124 e. The van der Waals surface area contributed by atoms with E-state index in [1.807, 2.05) is 6.20 Å². The van der Waals surface area contributed by atoms with Crippen molar-refractivity contribution >= 4 is 35.1 Å². The van der Waals surface area contributed by atoms with Crippen LogP contribution in [-0.2, 0) is 13.0 Å². The van der Waals surface area contributed by atoms with E-state index >= 15 is 0 Å². The van der Waals surface area contributed by atoms with Crippen LogP contribution in [0, 0.1) is 0 Å². The first-order valence-corrected chi connectivity index (χ1v) is 9.54. The van der Waals surface area contributed by atoms with Crippen molar-refractivity contribution in [2.45, 2.75) is 13.0 Å². The van der Waals surface area contributed by atoms with Gasteiger partial charge in [-0.15, -0.1) is 23.7 Å². The SMILES string of the molecule is Cl.NCCN(CCc1ccccc1)Cc1cnc(-c2ccsc2)s1. The molecule has 2 heterocycles. The second-order valence-corrected chi connectivity index (χ2v) is 7.34. The van der Waals surface area contributed by atoms with Crippen LogP contribution in [0.25, 0.3) is 10.6 Å². The molecule has 0 spiro atoms. The van der Waals surface area contributed by atoms with Gasteiger partial charge in [0.1, 0.15) is 5.01 Å². The van der Waals surface area contributed by atoms with E-state index in [-0.39, 0.29) is 12.4 Å². The quantitative estimate of drug-likeness (QED) is 0.634. The third kappa shape index (κ3) is 5.40. The van der Waals surface area contributed by atoms with Gasteiger partial charge in [0.05, 0.1) is 0 Å². The monoisotopic (exact) mass is 379 g/mol. The Labute approximate surface area is 157 Å². The predicted octanol–water partition coefficient (Wildman–Crippen LogP) is 4.30. The van der Waals surface area contributed by atoms with Gasteiger partial charge in [0.2, 0.25) is 0 Å². The summed E-state index contributed by atoms with van der Waals surface area (Å²) in [7, 11) is 0. The van der Waals surface area contributed by atoms with Crippen LogP contribution in [0.15, 0.2) is 53.4 Å². The first-order chi connectivity index (χ1) is 11.3. The van der Waals surface area contributed by atoms with E-state index in [1.165, 1.54) is 16.0 Å². The van der Waals surface area contributed by atoms with Gasteiger partial charge < -0.3 is 5.73 Å². The number of nitrogens with zero attached hydrogens (tertiary/aromatic N) is 2. The molecule has 0 amide bonds. The lowest BCUT2D eigenvalue weighted by molar-refractivity contribution is 0.278. The van der Waals surface area contributed by atoms with Crippen molar-refractivity contribution in [1.29, 1.82) is 0 Å². The Bertz CT molecular complexity index is 698. The van der Waals surface area contributed by atoms with E-state index in [9.17, 15) is 0 Å². The van der Waals surface area contributed by atoms with E-state index in [2.05, 4.69) is 57.0 Å². The van der Waals surface area contributed by atoms with Crippen LogP contribution in [0.2, 0.25) is 0 Å². The molecule has 0 saturated heterocycles. The molecule has 0 saturated carbocycles. The van der Waals surface area contributed by atoms with Crippen LogP contribution in [-0.4, -0.2) is 29.5 Å². The fourth-order valence-electron chi connectivity index (χ4n) is 2.50. The molecule has 3 rings (SSSR count). The van der Waals surface area contributed by atoms with Gasteiger partial charge in [-0.05, 0) is 23.4 Å². The van der Waals surface area contributed by atoms with Gasteiger partial charge in [0.15, 0.2) is 0 Å². The molecule has 0 radical (unpaired) electrons. The van der Waals surface area contributed by atoms with Crippen molar-refractivity contribution in [3.05, 3.63) is 63.8 Å². The molecule has 3 aromatic rings. The Balaban J connectivity index is 0.00000208. The van der Waals surface area contributed by atoms with Gasteiger partial charge in [0, 0.05) is 48.2 Å². The largest absolute Gasteiger partial charge is 0.329 e. The van der Waals surface area contributed by atoms with Gasteiger partial charge in [-0.1, -0.05) is 30.3 Å². The molecule has 6 heteroatoms. The van der Waals surface area contributed by atoms with Crippen molar-refractivity contribution in [2.24, 2.45) is 5.73 Å². The second kappa shape index (κ2) is 9.91. The lowest BCUT2D eigenvalue weighted by atomic mass is 10.1. The minimum absolute atomic E-state index is 0. The number of thiazole rings is 1. The van der Waals surface area contributed by atoms with E-state index < -0.39 is 0 Å². The van der Waals surface area contributed by atoms with Crippen LogP contribution in [0.1, 0.15) is 10.4 Å². The zero-order valence-corrected chi connectivity index (χ0v) is 15.9. The van der Waals surface area contributed by atoms with Gasteiger partial charge in [-0.2, -0.15) is 11.3 Å². The zero-order chi connectivity index (χ0) is 15.9. The van der Waals surface area contributed by atoms with E-state index in [0.29, 0.717) is 6.54 Å². The molecule has 0 aliphatic carbocycles. The summed E-state index contributed by atoms with van der Waals surface area (Å²) in [6.07, 6.45) is 3.06. The molecule has 0 unspecified atom stereocenters. The number of rotatable bonds is 8. The number of hydrogen-bond acceptors (Lipinski definition) is 5. The molecule has 0 aliphatic rings. The molecule has 0 atom stereocenters. The van der Waals surface area contributed by atoms with Gasteiger partial charge in [0.25, 0.3) is 0 Å². The second-order valence-electron chi connectivity index (χ2n) is 5.44. The summed E-state index contributed by atoms with van der Waals surface area (Å²) < 4.78 is 0. The van der Waals surface area contributed by atoms with Crippen LogP contribution < -0.4 is 5.73 Å². The molecule has 0 fully saturated rings. The maximum absolute atomic E-state index is 5.78. The summed E-state index contributed by atoms with van der Waals surface area (Å²) in [6.45, 7) is 3.54. The summed E-state index contributed by atoms with van der Waals surface area (Å²) in [4.78, 5) is 8.27. The standard InChI is InChI=1S/C18H21N3S2.ClH/c19-8-10-21(9-6-15-4-2-1-3-5-15)13-17-12-20-18(23-17)16-7-11-22-14-16;/h1-5,7,11-12,14H,6,8-10,13,19H2;1H. The van der Waals surface area contributed by atoms with Crippen LogP contribution in [0.4, 0.5) is 0 Å². The number of halogens is 1. The minimum Gasteiger partial charge on any atom is -0.329 e. The first-order valence-electron chi connectivity index (χ1n) is 7.79. The highest BCUT2D eigenvalue weighted by molar-refractivity contribution is 7.15. The predicted molar refractivity (Wildman–Crippen MR) is 107 cm³/mol. The molecule has 3 nitrogen and oxygen atoms in total. The molecule has 0 bridgehead atoms. The molecule has 0 aliphatic heterocycles. The number of benzene rings is 1. The van der Waals surface area contributed by atoms with Crippen molar-refractivity contribution in [3.8, 4) is 10.6 Å². The summed E-state index contributed by atoms with van der Waals surface area (Å²) >= 11 is 3.49. The zero-order valence-electron chi connectivity index (χ0n) is 13.4. The molecule has 2 N–H and O–H groups in total. The molecular weight excluding hydrogens is 358 g/mol. The van der Waals surface area contributed by atoms with Gasteiger partial charge >= 0.3 is 0 Å². The number of thiophene rings is 1. The highest BCUT2D eigenvalue weighted by Crippen LogP contribution is 2.27. The van der Waals surface area contributed by atoms with E-state index in [1.54, 1.807) is 22.7 Å². The number of aromatic nitrogens is 1. The number of hydrogen-bond donors (Lipinski definition) is 1. The molecule has 2 aromatic heterocycles. The Morgan fingerprint density at radius 2 is 1.92 bits per heavy atom. The third-order valence-corrected chi connectivity index (χ3v) is 5.42. The summed E-state index contributed by atoms with van der Waals surface area (Å²) in [5.41, 5.74) is 8.38. The topological polar surface area (TPSA) is 42.1 Å². The highest BCUT2D eigenvalue weighted by atomic mass is 35.5. The average molecular weight is 380 g/mol. The minimum atomic E-state index is 0. The highest BCUT2D eigenvalue weighted by Gasteiger charge is 2.10. The Hall–Kier alpha value is -1.24. The first kappa shape index (κ1) is 19.1. The molecule has 24 heavy (non-hydrogen) atoms. The summed E-state index contributed by atoms with van der Waals surface area (Å²) in [5, 5.41) is 5.35. The van der Waals surface area contributed by atoms with Crippen molar-refractivity contribution in [1.82, 2.24) is 9.88 Å². The Morgan fingerprint density at radius 1 is 1.08 bits per heavy atom. The van der Waals surface area contributed by atoms with E-state index in [4.69, 9.17) is 5.73 Å². The van der Waals surface area contributed by atoms with Gasteiger partial charge in [-0.3, -0.25) is 4.90 Å². The third-order valence-electron chi connectivity index (χ3n) is 3.71. The average Bonchev–Trinajstić information content (AvgIpc) is 3.25. The Morgan fingerprint density at radius 3 is 2.62 bits per heavy atom. The van der Waals surface area contributed by atoms with Gasteiger partial charge in [-0.25, -0.2) is 4.98 Å². The normalized spacial score (nSPS) is 10.8.